The second-order valence-corrected chi connectivity index (χ2v) is 6.06. The van der Waals surface area contributed by atoms with E-state index in [1.54, 1.807) is 11.3 Å². The first-order chi connectivity index (χ1) is 9.24. The van der Waals surface area contributed by atoms with Gasteiger partial charge in [-0.3, -0.25) is 0 Å². The largest absolute Gasteiger partial charge is 0.376 e. The molecule has 0 amide bonds. The molecule has 0 aliphatic carbocycles. The lowest BCUT2D eigenvalue weighted by Crippen LogP contribution is -2.33. The topological polar surface area (TPSA) is 38.2 Å². The lowest BCUT2D eigenvalue weighted by molar-refractivity contribution is 0.0215. The molecule has 0 spiro atoms. The van der Waals surface area contributed by atoms with Crippen LogP contribution in [-0.4, -0.2) is 36.3 Å². The van der Waals surface area contributed by atoms with Gasteiger partial charge in [0, 0.05) is 20.2 Å². The van der Waals surface area contributed by atoms with Crippen molar-refractivity contribution in [2.45, 2.75) is 25.4 Å². The van der Waals surface area contributed by atoms with E-state index in [0.717, 1.165) is 35.6 Å². The third-order valence-corrected chi connectivity index (χ3v) is 4.37. The molecule has 3 heterocycles. The summed E-state index contributed by atoms with van der Waals surface area (Å²) in [7, 11) is 2.04. The van der Waals surface area contributed by atoms with Gasteiger partial charge in [0.15, 0.2) is 0 Å². The number of hydrogen-bond acceptors (Lipinski definition) is 5. The highest BCUT2D eigenvalue weighted by Crippen LogP contribution is 2.29. The first-order valence-corrected chi connectivity index (χ1v) is 7.73. The van der Waals surface area contributed by atoms with Crippen LogP contribution in [0, 0.1) is 0 Å². The fraction of sp³-hybridized carbons (Fsp3) is 0.538. The van der Waals surface area contributed by atoms with Crippen LogP contribution in [0.5, 0.6) is 0 Å². The molecule has 1 atom stereocenters. The quantitative estimate of drug-likeness (QED) is 0.814. The van der Waals surface area contributed by atoms with Gasteiger partial charge in [0.05, 0.1) is 11.5 Å². The number of aromatic nitrogens is 2. The number of anilines is 1. The molecule has 1 aliphatic rings. The summed E-state index contributed by atoms with van der Waals surface area (Å²) in [5, 5.41) is 3.39. The van der Waals surface area contributed by atoms with Crippen molar-refractivity contribution in [1.29, 1.82) is 0 Å². The highest BCUT2D eigenvalue weighted by molar-refractivity contribution is 7.16. The second-order valence-electron chi connectivity index (χ2n) is 4.82. The zero-order valence-electron chi connectivity index (χ0n) is 10.8. The van der Waals surface area contributed by atoms with Gasteiger partial charge in [-0.25, -0.2) is 4.98 Å². The number of ether oxygens (including phenoxy) is 1. The van der Waals surface area contributed by atoms with Crippen LogP contribution in [-0.2, 0) is 4.74 Å². The van der Waals surface area contributed by atoms with E-state index in [0.29, 0.717) is 11.4 Å². The van der Waals surface area contributed by atoms with Gasteiger partial charge in [-0.15, -0.1) is 11.3 Å². The Labute approximate surface area is 121 Å². The van der Waals surface area contributed by atoms with Gasteiger partial charge < -0.3 is 9.64 Å². The summed E-state index contributed by atoms with van der Waals surface area (Å²) in [6.07, 6.45) is 3.84. The summed E-state index contributed by atoms with van der Waals surface area (Å²) >= 11 is 7.58. The van der Waals surface area contributed by atoms with Crippen LogP contribution in [0.1, 0.15) is 19.3 Å². The molecule has 1 fully saturated rings. The molecule has 4 nitrogen and oxygen atoms in total. The maximum Gasteiger partial charge on any atom is 0.225 e. The fourth-order valence-electron chi connectivity index (χ4n) is 2.45. The number of fused-ring (bicyclic) bond motifs is 1. The molecule has 2 aromatic rings. The molecule has 0 aromatic carbocycles. The summed E-state index contributed by atoms with van der Waals surface area (Å²) in [5.41, 5.74) is 0. The zero-order chi connectivity index (χ0) is 13.2. The van der Waals surface area contributed by atoms with Gasteiger partial charge in [0.25, 0.3) is 0 Å². The van der Waals surface area contributed by atoms with E-state index in [4.69, 9.17) is 16.3 Å². The first kappa shape index (κ1) is 13.1. The van der Waals surface area contributed by atoms with Crippen LogP contribution in [0.3, 0.4) is 0 Å². The Hall–Kier alpha value is -0.910. The summed E-state index contributed by atoms with van der Waals surface area (Å²) in [6, 6.07) is 2.05. The number of rotatable bonds is 3. The average molecular weight is 298 g/mol. The van der Waals surface area contributed by atoms with E-state index in [-0.39, 0.29) is 0 Å². The Kier molecular flexibility index (Phi) is 3.86. The normalized spacial score (nSPS) is 19.8. The van der Waals surface area contributed by atoms with Gasteiger partial charge in [-0.1, -0.05) is 0 Å². The maximum atomic E-state index is 5.99. The lowest BCUT2D eigenvalue weighted by Gasteiger charge is -2.28. The minimum Gasteiger partial charge on any atom is -0.376 e. The monoisotopic (exact) mass is 297 g/mol. The summed E-state index contributed by atoms with van der Waals surface area (Å²) in [6.45, 7) is 1.72. The molecule has 3 rings (SSSR count). The molecule has 0 bridgehead atoms. The van der Waals surface area contributed by atoms with Gasteiger partial charge in [0.2, 0.25) is 5.28 Å². The van der Waals surface area contributed by atoms with Crippen LogP contribution in [0.25, 0.3) is 10.2 Å². The highest BCUT2D eigenvalue weighted by atomic mass is 35.5. The smallest absolute Gasteiger partial charge is 0.225 e. The molecule has 1 saturated heterocycles. The summed E-state index contributed by atoms with van der Waals surface area (Å²) < 4.78 is 5.78. The predicted octanol–water partition coefficient (Wildman–Crippen LogP) is 3.35. The Balaban J connectivity index is 1.83. The van der Waals surface area contributed by atoms with Crippen LogP contribution in [0.15, 0.2) is 11.4 Å². The SMILES string of the molecule is CN(CC1CCCCO1)c1nc(Cl)nc2sccc12. The molecule has 1 aliphatic heterocycles. The minimum absolute atomic E-state index is 0.293. The van der Waals surface area contributed by atoms with Gasteiger partial charge in [-0.2, -0.15) is 4.98 Å². The Morgan fingerprint density at radius 1 is 1.47 bits per heavy atom. The van der Waals surface area contributed by atoms with Gasteiger partial charge >= 0.3 is 0 Å². The van der Waals surface area contributed by atoms with Crippen LogP contribution < -0.4 is 4.90 Å². The van der Waals surface area contributed by atoms with E-state index in [1.807, 2.05) is 18.5 Å². The molecule has 102 valence electrons. The summed E-state index contributed by atoms with van der Waals surface area (Å²) in [4.78, 5) is 11.7. The first-order valence-electron chi connectivity index (χ1n) is 6.47. The molecule has 6 heteroatoms. The molecule has 19 heavy (non-hydrogen) atoms. The van der Waals surface area contributed by atoms with Crippen molar-refractivity contribution in [3.05, 3.63) is 16.7 Å². The third-order valence-electron chi connectivity index (χ3n) is 3.39. The third kappa shape index (κ3) is 2.83. The van der Waals surface area contributed by atoms with Crippen molar-refractivity contribution >= 4 is 39.0 Å². The fourth-order valence-corrected chi connectivity index (χ4v) is 3.42. The van der Waals surface area contributed by atoms with Crippen molar-refractivity contribution in [2.75, 3.05) is 25.1 Å². The molecule has 0 N–H and O–H groups in total. The Bertz CT molecular complexity index is 568. The summed E-state index contributed by atoms with van der Waals surface area (Å²) in [5.74, 6) is 0.894. The molecule has 1 unspecified atom stereocenters. The number of likely N-dealkylation sites (N-methyl/N-ethyl adjacent to an activating group) is 1. The van der Waals surface area contributed by atoms with Crippen molar-refractivity contribution in [3.8, 4) is 0 Å². The number of thiophene rings is 1. The van der Waals surface area contributed by atoms with E-state index in [1.165, 1.54) is 12.8 Å². The average Bonchev–Trinajstić information content (AvgIpc) is 2.86. The number of nitrogens with zero attached hydrogens (tertiary/aromatic N) is 3. The minimum atomic E-state index is 0.293. The standard InChI is InChI=1S/C13H16ClN3OS/c1-17(8-9-4-2-3-6-18-9)11-10-5-7-19-12(10)16-13(14)15-11/h5,7,9H,2-4,6,8H2,1H3. The van der Waals surface area contributed by atoms with Crippen LogP contribution in [0.4, 0.5) is 5.82 Å². The predicted molar refractivity (Wildman–Crippen MR) is 79.3 cm³/mol. The molecule has 0 saturated carbocycles. The van der Waals surface area contributed by atoms with Crippen molar-refractivity contribution in [3.63, 3.8) is 0 Å². The van der Waals surface area contributed by atoms with Crippen molar-refractivity contribution < 1.29 is 4.74 Å². The van der Waals surface area contributed by atoms with Crippen molar-refractivity contribution in [2.24, 2.45) is 0 Å². The van der Waals surface area contributed by atoms with Gasteiger partial charge in [0.1, 0.15) is 10.6 Å². The maximum absolute atomic E-state index is 5.99. The highest BCUT2D eigenvalue weighted by Gasteiger charge is 2.19. The number of halogens is 1. The molecule has 2 aromatic heterocycles. The van der Waals surface area contributed by atoms with Gasteiger partial charge in [-0.05, 0) is 42.3 Å². The van der Waals surface area contributed by atoms with E-state index >= 15 is 0 Å². The zero-order valence-corrected chi connectivity index (χ0v) is 12.4. The molecule has 0 radical (unpaired) electrons. The Morgan fingerprint density at radius 2 is 2.37 bits per heavy atom. The van der Waals surface area contributed by atoms with E-state index in [9.17, 15) is 0 Å². The number of hydrogen-bond donors (Lipinski definition) is 0. The van der Waals surface area contributed by atoms with E-state index < -0.39 is 0 Å². The van der Waals surface area contributed by atoms with E-state index in [2.05, 4.69) is 14.9 Å². The van der Waals surface area contributed by atoms with Crippen LogP contribution >= 0.6 is 22.9 Å². The Morgan fingerprint density at radius 3 is 3.16 bits per heavy atom. The van der Waals surface area contributed by atoms with Crippen molar-refractivity contribution in [1.82, 2.24) is 9.97 Å². The molecular formula is C13H16ClN3OS. The lowest BCUT2D eigenvalue weighted by atomic mass is 10.1. The second kappa shape index (κ2) is 5.61. The molecular weight excluding hydrogens is 282 g/mol. The van der Waals surface area contributed by atoms with Crippen LogP contribution in [0.2, 0.25) is 5.28 Å².